The number of methoxy groups -OCH3 is 1. The monoisotopic (exact) mass is 249 g/mol. The average Bonchev–Trinajstić information content (AvgIpc) is 2.89. The SMILES string of the molecule is COc1ccccc1CC(C(=O)O)N1CCCC1. The van der Waals surface area contributed by atoms with E-state index >= 15 is 0 Å². The second-order valence-electron chi connectivity index (χ2n) is 4.61. The third kappa shape index (κ3) is 2.82. The molecule has 2 rings (SSSR count). The van der Waals surface area contributed by atoms with Crippen molar-refractivity contribution in [1.29, 1.82) is 0 Å². The lowest BCUT2D eigenvalue weighted by Gasteiger charge is -2.24. The van der Waals surface area contributed by atoms with Gasteiger partial charge in [-0.1, -0.05) is 18.2 Å². The highest BCUT2D eigenvalue weighted by atomic mass is 16.5. The van der Waals surface area contributed by atoms with Gasteiger partial charge in [0.1, 0.15) is 11.8 Å². The Balaban J connectivity index is 2.15. The van der Waals surface area contributed by atoms with Crippen molar-refractivity contribution in [2.45, 2.75) is 25.3 Å². The van der Waals surface area contributed by atoms with Crippen molar-refractivity contribution in [2.75, 3.05) is 20.2 Å². The number of hydrogen-bond donors (Lipinski definition) is 1. The highest BCUT2D eigenvalue weighted by Gasteiger charge is 2.28. The molecule has 1 unspecified atom stereocenters. The third-order valence-electron chi connectivity index (χ3n) is 3.47. The molecule has 1 aliphatic rings. The summed E-state index contributed by atoms with van der Waals surface area (Å²) in [5.41, 5.74) is 0.958. The van der Waals surface area contributed by atoms with Crippen molar-refractivity contribution in [3.63, 3.8) is 0 Å². The van der Waals surface area contributed by atoms with Gasteiger partial charge in [0.25, 0.3) is 0 Å². The molecular formula is C14H19NO3. The van der Waals surface area contributed by atoms with Gasteiger partial charge in [-0.25, -0.2) is 0 Å². The first-order valence-corrected chi connectivity index (χ1v) is 6.31. The lowest BCUT2D eigenvalue weighted by Crippen LogP contribution is -2.40. The van der Waals surface area contributed by atoms with E-state index in [4.69, 9.17) is 4.74 Å². The van der Waals surface area contributed by atoms with Gasteiger partial charge in [-0.05, 0) is 37.6 Å². The molecule has 1 saturated heterocycles. The van der Waals surface area contributed by atoms with Crippen LogP contribution in [0.1, 0.15) is 18.4 Å². The zero-order chi connectivity index (χ0) is 13.0. The number of aliphatic carboxylic acids is 1. The predicted molar refractivity (Wildman–Crippen MR) is 68.9 cm³/mol. The number of carboxylic acid groups (broad SMARTS) is 1. The van der Waals surface area contributed by atoms with Crippen LogP contribution >= 0.6 is 0 Å². The summed E-state index contributed by atoms with van der Waals surface area (Å²) in [5, 5.41) is 9.38. The highest BCUT2D eigenvalue weighted by molar-refractivity contribution is 5.74. The van der Waals surface area contributed by atoms with Gasteiger partial charge in [0.05, 0.1) is 7.11 Å². The van der Waals surface area contributed by atoms with Gasteiger partial charge in [-0.2, -0.15) is 0 Å². The van der Waals surface area contributed by atoms with E-state index in [0.29, 0.717) is 6.42 Å². The average molecular weight is 249 g/mol. The standard InChI is InChI=1S/C14H19NO3/c1-18-13-7-3-2-6-11(13)10-12(14(16)17)15-8-4-5-9-15/h2-3,6-7,12H,4-5,8-10H2,1H3,(H,16,17). The summed E-state index contributed by atoms with van der Waals surface area (Å²) in [6.45, 7) is 1.76. The Kier molecular flexibility index (Phi) is 4.20. The first-order chi connectivity index (χ1) is 8.72. The summed E-state index contributed by atoms with van der Waals surface area (Å²) in [6, 6.07) is 7.18. The molecule has 1 aromatic rings. The Labute approximate surface area is 107 Å². The van der Waals surface area contributed by atoms with Crippen molar-refractivity contribution < 1.29 is 14.6 Å². The van der Waals surface area contributed by atoms with E-state index in [2.05, 4.69) is 4.90 Å². The molecule has 0 aromatic heterocycles. The van der Waals surface area contributed by atoms with Crippen molar-refractivity contribution >= 4 is 5.97 Å². The fourth-order valence-electron chi connectivity index (χ4n) is 2.51. The smallest absolute Gasteiger partial charge is 0.321 e. The Morgan fingerprint density at radius 2 is 2.06 bits per heavy atom. The fraction of sp³-hybridized carbons (Fsp3) is 0.500. The van der Waals surface area contributed by atoms with E-state index in [1.807, 2.05) is 24.3 Å². The number of carbonyl (C=O) groups is 1. The van der Waals surface area contributed by atoms with Crippen LogP contribution in [-0.2, 0) is 11.2 Å². The summed E-state index contributed by atoms with van der Waals surface area (Å²) in [7, 11) is 1.62. The maximum Gasteiger partial charge on any atom is 0.321 e. The lowest BCUT2D eigenvalue weighted by molar-refractivity contribution is -0.142. The zero-order valence-electron chi connectivity index (χ0n) is 10.6. The van der Waals surface area contributed by atoms with Crippen LogP contribution in [-0.4, -0.2) is 42.2 Å². The first kappa shape index (κ1) is 12.9. The summed E-state index contributed by atoms with van der Waals surface area (Å²) in [6.07, 6.45) is 2.69. The van der Waals surface area contributed by atoms with Gasteiger partial charge < -0.3 is 9.84 Å². The van der Waals surface area contributed by atoms with Crippen LogP contribution in [0.5, 0.6) is 5.75 Å². The summed E-state index contributed by atoms with van der Waals surface area (Å²) in [5.74, 6) is 0.0192. The molecule has 1 atom stereocenters. The van der Waals surface area contributed by atoms with Crippen LogP contribution in [0.15, 0.2) is 24.3 Å². The van der Waals surface area contributed by atoms with Crippen LogP contribution in [0.4, 0.5) is 0 Å². The number of rotatable bonds is 5. The van der Waals surface area contributed by atoms with Gasteiger partial charge >= 0.3 is 5.97 Å². The molecule has 0 spiro atoms. The number of nitrogens with zero attached hydrogens (tertiary/aromatic N) is 1. The van der Waals surface area contributed by atoms with Crippen LogP contribution in [0.25, 0.3) is 0 Å². The van der Waals surface area contributed by atoms with Crippen LogP contribution in [0, 0.1) is 0 Å². The molecule has 18 heavy (non-hydrogen) atoms. The Morgan fingerprint density at radius 1 is 1.39 bits per heavy atom. The van der Waals surface area contributed by atoms with E-state index < -0.39 is 12.0 Å². The van der Waals surface area contributed by atoms with E-state index in [1.54, 1.807) is 7.11 Å². The highest BCUT2D eigenvalue weighted by Crippen LogP contribution is 2.22. The van der Waals surface area contributed by atoms with Gasteiger partial charge in [0.15, 0.2) is 0 Å². The van der Waals surface area contributed by atoms with E-state index in [1.165, 1.54) is 0 Å². The van der Waals surface area contributed by atoms with E-state index in [0.717, 1.165) is 37.2 Å². The summed E-state index contributed by atoms with van der Waals surface area (Å²) < 4.78 is 5.28. The Bertz CT molecular complexity index is 413. The minimum Gasteiger partial charge on any atom is -0.496 e. The second kappa shape index (κ2) is 5.87. The Morgan fingerprint density at radius 3 is 2.67 bits per heavy atom. The molecule has 0 amide bonds. The van der Waals surface area contributed by atoms with E-state index in [9.17, 15) is 9.90 Å². The van der Waals surface area contributed by atoms with Crippen molar-refractivity contribution in [3.05, 3.63) is 29.8 Å². The molecule has 98 valence electrons. The van der Waals surface area contributed by atoms with Gasteiger partial charge in [0.2, 0.25) is 0 Å². The number of likely N-dealkylation sites (tertiary alicyclic amines) is 1. The third-order valence-corrected chi connectivity index (χ3v) is 3.47. The number of ether oxygens (including phenoxy) is 1. The summed E-state index contributed by atoms with van der Waals surface area (Å²) >= 11 is 0. The zero-order valence-corrected chi connectivity index (χ0v) is 10.6. The number of hydrogen-bond acceptors (Lipinski definition) is 3. The molecule has 1 aliphatic heterocycles. The molecular weight excluding hydrogens is 230 g/mol. The van der Waals surface area contributed by atoms with E-state index in [-0.39, 0.29) is 0 Å². The molecule has 0 aliphatic carbocycles. The Hall–Kier alpha value is -1.55. The van der Waals surface area contributed by atoms with Gasteiger partial charge in [-0.3, -0.25) is 9.69 Å². The van der Waals surface area contributed by atoms with Crippen molar-refractivity contribution in [3.8, 4) is 5.75 Å². The molecule has 4 heteroatoms. The molecule has 1 fully saturated rings. The molecule has 1 heterocycles. The van der Waals surface area contributed by atoms with Crippen LogP contribution < -0.4 is 4.74 Å². The van der Waals surface area contributed by atoms with Crippen molar-refractivity contribution in [1.82, 2.24) is 4.90 Å². The molecule has 4 nitrogen and oxygen atoms in total. The maximum absolute atomic E-state index is 11.4. The van der Waals surface area contributed by atoms with Gasteiger partial charge in [0, 0.05) is 6.42 Å². The second-order valence-corrected chi connectivity index (χ2v) is 4.61. The largest absolute Gasteiger partial charge is 0.496 e. The summed E-state index contributed by atoms with van der Waals surface area (Å²) in [4.78, 5) is 13.5. The van der Waals surface area contributed by atoms with Crippen LogP contribution in [0.3, 0.4) is 0 Å². The van der Waals surface area contributed by atoms with Gasteiger partial charge in [-0.15, -0.1) is 0 Å². The number of para-hydroxylation sites is 1. The molecule has 1 N–H and O–H groups in total. The normalized spacial score (nSPS) is 17.6. The first-order valence-electron chi connectivity index (χ1n) is 6.31. The topological polar surface area (TPSA) is 49.8 Å². The maximum atomic E-state index is 11.4. The minimum atomic E-state index is -0.747. The molecule has 0 saturated carbocycles. The lowest BCUT2D eigenvalue weighted by atomic mass is 10.0. The fourth-order valence-corrected chi connectivity index (χ4v) is 2.51. The number of benzene rings is 1. The molecule has 0 radical (unpaired) electrons. The molecule has 0 bridgehead atoms. The van der Waals surface area contributed by atoms with Crippen molar-refractivity contribution in [2.24, 2.45) is 0 Å². The predicted octanol–water partition coefficient (Wildman–Crippen LogP) is 1.79. The minimum absolute atomic E-state index is 0.441. The van der Waals surface area contributed by atoms with Crippen LogP contribution in [0.2, 0.25) is 0 Å². The molecule has 1 aromatic carbocycles. The quantitative estimate of drug-likeness (QED) is 0.864. The number of carboxylic acids is 1.